The minimum atomic E-state index is -2.35. The predicted molar refractivity (Wildman–Crippen MR) is 45.8 cm³/mol. The Morgan fingerprint density at radius 2 is 1.92 bits per heavy atom. The average molecular weight is 187 g/mol. The molecule has 1 nitrogen and oxygen atoms in total. The van der Waals surface area contributed by atoms with Gasteiger partial charge in [0.05, 0.1) is 5.41 Å². The lowest BCUT2D eigenvalue weighted by atomic mass is 9.90. The summed E-state index contributed by atoms with van der Waals surface area (Å²) in [6, 6.07) is 0. The Balaban J connectivity index is 1.87. The second-order valence-corrected chi connectivity index (χ2v) is 5.36. The molecule has 0 N–H and O–H groups in total. The summed E-state index contributed by atoms with van der Waals surface area (Å²) in [5, 5.41) is 0. The van der Waals surface area contributed by atoms with E-state index in [-0.39, 0.29) is 12.0 Å². The van der Waals surface area contributed by atoms with E-state index < -0.39 is 11.3 Å². The Morgan fingerprint density at radius 3 is 2.46 bits per heavy atom. The van der Waals surface area contributed by atoms with Crippen molar-refractivity contribution in [1.82, 2.24) is 4.90 Å². The van der Waals surface area contributed by atoms with Gasteiger partial charge in [0.25, 0.3) is 5.92 Å². The fraction of sp³-hybridized carbons (Fsp3) is 1.00. The van der Waals surface area contributed by atoms with Crippen molar-refractivity contribution in [3.05, 3.63) is 0 Å². The smallest absolute Gasteiger partial charge is 0.255 e. The summed E-state index contributed by atoms with van der Waals surface area (Å²) in [7, 11) is 0. The van der Waals surface area contributed by atoms with E-state index >= 15 is 0 Å². The van der Waals surface area contributed by atoms with Gasteiger partial charge in [-0.1, -0.05) is 0 Å². The molecular weight excluding hydrogens is 172 g/mol. The van der Waals surface area contributed by atoms with Gasteiger partial charge in [-0.3, -0.25) is 4.90 Å². The van der Waals surface area contributed by atoms with E-state index in [1.807, 2.05) is 0 Å². The Kier molecular flexibility index (Phi) is 1.21. The fourth-order valence-corrected chi connectivity index (χ4v) is 3.44. The van der Waals surface area contributed by atoms with Gasteiger partial charge in [-0.05, 0) is 32.7 Å². The minimum absolute atomic E-state index is 0.111. The van der Waals surface area contributed by atoms with E-state index in [1.54, 1.807) is 0 Å². The summed E-state index contributed by atoms with van der Waals surface area (Å²) in [5.74, 6) is -2.35. The van der Waals surface area contributed by atoms with Gasteiger partial charge in [-0.2, -0.15) is 0 Å². The molecule has 2 atom stereocenters. The van der Waals surface area contributed by atoms with Crippen LogP contribution in [0.25, 0.3) is 0 Å². The van der Waals surface area contributed by atoms with Gasteiger partial charge in [0.1, 0.15) is 0 Å². The quantitative estimate of drug-likeness (QED) is 0.562. The summed E-state index contributed by atoms with van der Waals surface area (Å²) >= 11 is 0. The first-order valence-corrected chi connectivity index (χ1v) is 5.11. The molecule has 2 saturated heterocycles. The first-order valence-electron chi connectivity index (χ1n) is 5.11. The molecule has 2 heterocycles. The number of halogens is 2. The number of fused-ring (bicyclic) bond motifs is 1. The van der Waals surface area contributed by atoms with Crippen LogP contribution in [0.4, 0.5) is 8.78 Å². The van der Waals surface area contributed by atoms with Crippen LogP contribution in [0, 0.1) is 5.41 Å². The molecule has 0 radical (unpaired) electrons. The van der Waals surface area contributed by atoms with Crippen LogP contribution in [-0.2, 0) is 0 Å². The lowest BCUT2D eigenvalue weighted by Gasteiger charge is -2.26. The molecule has 3 fully saturated rings. The third-order valence-electron chi connectivity index (χ3n) is 4.33. The van der Waals surface area contributed by atoms with Crippen LogP contribution < -0.4 is 0 Å². The topological polar surface area (TPSA) is 3.24 Å². The van der Waals surface area contributed by atoms with E-state index in [0.717, 1.165) is 19.4 Å². The number of rotatable bonds is 0. The number of hydrogen-bond donors (Lipinski definition) is 0. The molecule has 0 aromatic rings. The van der Waals surface area contributed by atoms with Crippen molar-refractivity contribution in [1.29, 1.82) is 0 Å². The Morgan fingerprint density at radius 1 is 1.23 bits per heavy atom. The molecule has 3 heteroatoms. The molecule has 0 aromatic carbocycles. The van der Waals surface area contributed by atoms with Crippen LogP contribution in [0.15, 0.2) is 0 Å². The summed E-state index contributed by atoms with van der Waals surface area (Å²) in [4.78, 5) is 2.29. The monoisotopic (exact) mass is 187 g/mol. The van der Waals surface area contributed by atoms with E-state index in [1.165, 1.54) is 6.42 Å². The molecule has 0 bridgehead atoms. The van der Waals surface area contributed by atoms with Gasteiger partial charge in [0.2, 0.25) is 0 Å². The summed E-state index contributed by atoms with van der Waals surface area (Å²) in [6.45, 7) is 3.84. The largest absolute Gasteiger partial charge is 0.297 e. The molecule has 2 unspecified atom stereocenters. The van der Waals surface area contributed by atoms with Crippen molar-refractivity contribution >= 4 is 0 Å². The molecule has 2 aliphatic heterocycles. The number of nitrogens with zero attached hydrogens (tertiary/aromatic N) is 1. The summed E-state index contributed by atoms with van der Waals surface area (Å²) in [6.07, 6.45) is 3.18. The van der Waals surface area contributed by atoms with E-state index in [9.17, 15) is 8.78 Å². The number of hydrogen-bond acceptors (Lipinski definition) is 1. The Hall–Kier alpha value is -0.180. The molecule has 13 heavy (non-hydrogen) atoms. The first-order chi connectivity index (χ1) is 5.98. The van der Waals surface area contributed by atoms with Crippen LogP contribution in [-0.4, -0.2) is 29.5 Å². The van der Waals surface area contributed by atoms with Crippen LogP contribution in [0.1, 0.15) is 32.6 Å². The second-order valence-electron chi connectivity index (χ2n) is 5.36. The molecule has 1 saturated carbocycles. The molecule has 3 rings (SSSR count). The predicted octanol–water partition coefficient (Wildman–Crippen LogP) is 2.27. The van der Waals surface area contributed by atoms with Crippen molar-refractivity contribution in [2.75, 3.05) is 13.1 Å². The van der Waals surface area contributed by atoms with E-state index in [0.29, 0.717) is 6.54 Å². The van der Waals surface area contributed by atoms with Crippen molar-refractivity contribution in [2.45, 2.75) is 44.1 Å². The zero-order valence-corrected chi connectivity index (χ0v) is 7.95. The zero-order valence-electron chi connectivity index (χ0n) is 7.95. The van der Waals surface area contributed by atoms with Gasteiger partial charge < -0.3 is 0 Å². The highest BCUT2D eigenvalue weighted by Gasteiger charge is 2.76. The maximum absolute atomic E-state index is 13.1. The average Bonchev–Trinajstić information content (AvgIpc) is 2.32. The van der Waals surface area contributed by atoms with Gasteiger partial charge in [0.15, 0.2) is 0 Å². The van der Waals surface area contributed by atoms with Gasteiger partial charge in [-0.15, -0.1) is 0 Å². The number of alkyl halides is 2. The lowest BCUT2D eigenvalue weighted by Crippen LogP contribution is -2.34. The first kappa shape index (κ1) is 8.16. The maximum Gasteiger partial charge on any atom is 0.255 e. The third kappa shape index (κ3) is 0.841. The highest BCUT2D eigenvalue weighted by atomic mass is 19.3. The second kappa shape index (κ2) is 1.92. The molecule has 74 valence electrons. The van der Waals surface area contributed by atoms with Crippen LogP contribution >= 0.6 is 0 Å². The van der Waals surface area contributed by atoms with E-state index in [2.05, 4.69) is 11.8 Å². The van der Waals surface area contributed by atoms with Crippen molar-refractivity contribution in [3.63, 3.8) is 0 Å². The van der Waals surface area contributed by atoms with Crippen LogP contribution in [0.2, 0.25) is 0 Å². The summed E-state index contributed by atoms with van der Waals surface area (Å²) < 4.78 is 26.3. The fourth-order valence-electron chi connectivity index (χ4n) is 3.44. The Labute approximate surface area is 77.1 Å². The van der Waals surface area contributed by atoms with E-state index in [4.69, 9.17) is 0 Å². The molecule has 1 aliphatic carbocycles. The van der Waals surface area contributed by atoms with Crippen molar-refractivity contribution in [3.8, 4) is 0 Å². The van der Waals surface area contributed by atoms with Crippen LogP contribution in [0.5, 0.6) is 0 Å². The van der Waals surface area contributed by atoms with Gasteiger partial charge in [0, 0.05) is 18.5 Å². The molecule has 1 spiro atoms. The highest BCUT2D eigenvalue weighted by Crippen LogP contribution is 2.69. The van der Waals surface area contributed by atoms with Gasteiger partial charge in [-0.25, -0.2) is 8.78 Å². The van der Waals surface area contributed by atoms with Crippen molar-refractivity contribution < 1.29 is 8.78 Å². The maximum atomic E-state index is 13.1. The molecule has 3 aliphatic rings. The van der Waals surface area contributed by atoms with Crippen LogP contribution in [0.3, 0.4) is 0 Å². The molecule has 0 aromatic heterocycles. The summed E-state index contributed by atoms with van der Waals surface area (Å²) in [5.41, 5.74) is -0.498. The SMILES string of the molecule is CC12CCCN1CC1(C2)CC1(F)F. The Bertz CT molecular complexity index is 266. The minimum Gasteiger partial charge on any atom is -0.297 e. The van der Waals surface area contributed by atoms with Gasteiger partial charge >= 0.3 is 0 Å². The zero-order chi connectivity index (χ0) is 9.32. The standard InChI is InChI=1S/C10H15F2N/c1-8-3-2-4-13(8)7-9(5-8)6-10(9,11)12/h2-7H2,1H3. The molecular formula is C10H15F2N. The lowest BCUT2D eigenvalue weighted by molar-refractivity contribution is 0.0657. The highest BCUT2D eigenvalue weighted by molar-refractivity contribution is 5.20. The van der Waals surface area contributed by atoms with Crippen molar-refractivity contribution in [2.24, 2.45) is 5.41 Å². The third-order valence-corrected chi connectivity index (χ3v) is 4.33. The molecule has 0 amide bonds. The normalized spacial score (nSPS) is 52.8.